The highest BCUT2D eigenvalue weighted by atomic mass is 32.2. The lowest BCUT2D eigenvalue weighted by atomic mass is 9.95. The largest absolute Gasteiger partial charge is 0.492 e. The van der Waals surface area contributed by atoms with Gasteiger partial charge in [-0.15, -0.1) is 0 Å². The molecule has 0 aliphatic rings. The highest BCUT2D eigenvalue weighted by Crippen LogP contribution is 2.33. The van der Waals surface area contributed by atoms with Crippen molar-refractivity contribution in [1.29, 1.82) is 0 Å². The van der Waals surface area contributed by atoms with Crippen LogP contribution in [0.4, 0.5) is 5.69 Å². The van der Waals surface area contributed by atoms with Gasteiger partial charge in [-0.1, -0.05) is 48.5 Å². The molecule has 0 aliphatic heterocycles. The van der Waals surface area contributed by atoms with Gasteiger partial charge in [0.1, 0.15) is 30.5 Å². The van der Waals surface area contributed by atoms with Crippen molar-refractivity contribution in [2.24, 2.45) is 0 Å². The second-order valence-corrected chi connectivity index (χ2v) is 12.8. The Kier molecular flexibility index (Phi) is 11.6. The zero-order valence-electron chi connectivity index (χ0n) is 26.3. The number of aryl methyl sites for hydroxylation is 2. The summed E-state index contributed by atoms with van der Waals surface area (Å²) in [5, 5.41) is 23.1. The molecule has 0 unspecified atom stereocenters. The van der Waals surface area contributed by atoms with Crippen LogP contribution in [0.1, 0.15) is 35.3 Å². The van der Waals surface area contributed by atoms with Crippen molar-refractivity contribution in [2.45, 2.75) is 39.5 Å². The van der Waals surface area contributed by atoms with Crippen molar-refractivity contribution in [3.8, 4) is 28.4 Å². The predicted molar refractivity (Wildman–Crippen MR) is 178 cm³/mol. The molecule has 0 saturated carbocycles. The number of benzene rings is 4. The zero-order chi connectivity index (χ0) is 33.3. The molecule has 4 aromatic rings. The first-order chi connectivity index (χ1) is 21.9. The van der Waals surface area contributed by atoms with Gasteiger partial charge < -0.3 is 29.7 Å². The normalized spacial score (nSPS) is 12.6. The number of anilines is 1. The fourth-order valence-electron chi connectivity index (χ4n) is 5.05. The van der Waals surface area contributed by atoms with Crippen molar-refractivity contribution in [1.82, 2.24) is 5.32 Å². The van der Waals surface area contributed by atoms with Crippen LogP contribution >= 0.6 is 0 Å². The van der Waals surface area contributed by atoms with Gasteiger partial charge in [-0.05, 0) is 90.6 Å². The Labute approximate surface area is 270 Å². The number of hydrogen-bond donors (Lipinski definition) is 4. The topological polar surface area (TPSA) is 143 Å². The Morgan fingerprint density at radius 1 is 0.870 bits per heavy atom. The third-order valence-corrected chi connectivity index (χ3v) is 7.79. The molecular weight excluding hydrogens is 608 g/mol. The third kappa shape index (κ3) is 9.96. The number of aliphatic carboxylic acids is 1. The molecule has 2 atom stereocenters. The smallest absolute Gasteiger partial charge is 0.341 e. The third-order valence-electron chi connectivity index (χ3n) is 7.20. The van der Waals surface area contributed by atoms with Crippen LogP contribution in [0.25, 0.3) is 11.1 Å². The van der Waals surface area contributed by atoms with E-state index < -0.39 is 28.7 Å². The molecule has 4 N–H and O–H groups in total. The molecule has 11 heteroatoms. The monoisotopic (exact) mass is 648 g/mol. The number of carbonyl (C=O) groups is 1. The summed E-state index contributed by atoms with van der Waals surface area (Å²) in [6.07, 6.45) is 0.143. The number of rotatable bonds is 16. The highest BCUT2D eigenvalue weighted by Gasteiger charge is 2.19. The first kappa shape index (κ1) is 34.3. The van der Waals surface area contributed by atoms with Crippen LogP contribution in [0.15, 0.2) is 84.9 Å². The van der Waals surface area contributed by atoms with Crippen LogP contribution in [0, 0.1) is 13.8 Å². The number of nitrogens with one attached hydrogen (secondary N) is 2. The van der Waals surface area contributed by atoms with Gasteiger partial charge in [0, 0.05) is 12.6 Å². The summed E-state index contributed by atoms with van der Waals surface area (Å²) in [5.74, 6) is 0.542. The summed E-state index contributed by atoms with van der Waals surface area (Å²) in [5.41, 5.74) is 5.83. The number of aliphatic hydroxyl groups excluding tert-OH is 1. The van der Waals surface area contributed by atoms with E-state index in [1.165, 1.54) is 0 Å². The molecule has 0 amide bonds. The van der Waals surface area contributed by atoms with Crippen molar-refractivity contribution >= 4 is 21.7 Å². The second kappa shape index (κ2) is 15.6. The molecule has 0 radical (unpaired) electrons. The van der Waals surface area contributed by atoms with E-state index in [1.54, 1.807) is 30.3 Å². The lowest BCUT2D eigenvalue weighted by molar-refractivity contribution is -0.139. The van der Waals surface area contributed by atoms with E-state index in [0.29, 0.717) is 30.2 Å². The van der Waals surface area contributed by atoms with Crippen LogP contribution in [0.5, 0.6) is 17.2 Å². The summed E-state index contributed by atoms with van der Waals surface area (Å²) < 4.78 is 43.7. The minimum Gasteiger partial charge on any atom is -0.492 e. The van der Waals surface area contributed by atoms with E-state index in [2.05, 4.69) is 10.0 Å². The van der Waals surface area contributed by atoms with E-state index >= 15 is 0 Å². The van der Waals surface area contributed by atoms with Gasteiger partial charge >= 0.3 is 5.97 Å². The SMILES string of the molecule is Cc1cc(OCCN[C@@H](C)[C@@H](O)c2ccc(OCc3ccccc3)c(NS(C)(=O)=O)c2)cc(C)c1-c1ccc(OCC(=O)O)cc1. The minimum absolute atomic E-state index is 0.252. The highest BCUT2D eigenvalue weighted by molar-refractivity contribution is 7.92. The molecule has 0 bridgehead atoms. The summed E-state index contributed by atoms with van der Waals surface area (Å²) in [4.78, 5) is 10.7. The van der Waals surface area contributed by atoms with Crippen molar-refractivity contribution in [3.05, 3.63) is 107 Å². The number of sulfonamides is 1. The van der Waals surface area contributed by atoms with E-state index in [0.717, 1.165) is 39.8 Å². The van der Waals surface area contributed by atoms with Crippen molar-refractivity contribution < 1.29 is 37.6 Å². The van der Waals surface area contributed by atoms with Gasteiger partial charge in [0.15, 0.2) is 6.61 Å². The summed E-state index contributed by atoms with van der Waals surface area (Å²) >= 11 is 0. The average molecular weight is 649 g/mol. The fourth-order valence-corrected chi connectivity index (χ4v) is 5.61. The van der Waals surface area contributed by atoms with Gasteiger partial charge in [-0.3, -0.25) is 4.72 Å². The molecule has 0 aromatic heterocycles. The zero-order valence-corrected chi connectivity index (χ0v) is 27.1. The molecule has 46 heavy (non-hydrogen) atoms. The molecule has 4 rings (SSSR count). The average Bonchev–Trinajstić information content (AvgIpc) is 3.01. The van der Waals surface area contributed by atoms with Crippen LogP contribution in [-0.2, 0) is 21.4 Å². The first-order valence-corrected chi connectivity index (χ1v) is 16.7. The van der Waals surface area contributed by atoms with Crippen molar-refractivity contribution in [3.63, 3.8) is 0 Å². The Morgan fingerprint density at radius 3 is 2.17 bits per heavy atom. The molecule has 0 saturated heterocycles. The van der Waals surface area contributed by atoms with Crippen LogP contribution in [0.2, 0.25) is 0 Å². The van der Waals surface area contributed by atoms with E-state index in [-0.39, 0.29) is 18.3 Å². The summed E-state index contributed by atoms with van der Waals surface area (Å²) in [6.45, 7) is 6.55. The fraction of sp³-hybridized carbons (Fsp3) is 0.286. The number of ether oxygens (including phenoxy) is 3. The Morgan fingerprint density at radius 2 is 1.54 bits per heavy atom. The van der Waals surface area contributed by atoms with Crippen LogP contribution in [-0.4, -0.2) is 56.7 Å². The standard InChI is InChI=1S/C35H40N2O8S/c1-23-18-30(19-24(2)34(23)27-10-13-29(14-11-27)44-22-33(38)39)43-17-16-36-25(3)35(40)28-12-15-32(31(20-28)37-46(4,41)42)45-21-26-8-6-5-7-9-26/h5-15,18-20,25,35-37,40H,16-17,21-22H2,1-4H3,(H,38,39)/t25-,35+/m0/s1. The second-order valence-electron chi connectivity index (χ2n) is 11.1. The quantitative estimate of drug-likeness (QED) is 0.116. The minimum atomic E-state index is -3.59. The van der Waals surface area contributed by atoms with Gasteiger partial charge in [0.05, 0.1) is 18.0 Å². The lowest BCUT2D eigenvalue weighted by Gasteiger charge is -2.22. The predicted octanol–water partition coefficient (Wildman–Crippen LogP) is 5.47. The Balaban J connectivity index is 1.33. The Hall–Kier alpha value is -4.58. The maximum atomic E-state index is 12.0. The van der Waals surface area contributed by atoms with Crippen LogP contribution in [0.3, 0.4) is 0 Å². The number of carboxylic acid groups (broad SMARTS) is 1. The van der Waals surface area contributed by atoms with Gasteiger partial charge in [-0.25, -0.2) is 13.2 Å². The molecule has 10 nitrogen and oxygen atoms in total. The number of hydrogen-bond acceptors (Lipinski definition) is 8. The molecular formula is C35H40N2O8S. The van der Waals surface area contributed by atoms with E-state index in [1.807, 2.05) is 75.4 Å². The van der Waals surface area contributed by atoms with Crippen LogP contribution < -0.4 is 24.2 Å². The molecule has 0 fully saturated rings. The molecule has 0 heterocycles. The molecule has 0 aliphatic carbocycles. The molecule has 0 spiro atoms. The van der Waals surface area contributed by atoms with E-state index in [9.17, 15) is 18.3 Å². The van der Waals surface area contributed by atoms with Gasteiger partial charge in [0.2, 0.25) is 10.0 Å². The van der Waals surface area contributed by atoms with Gasteiger partial charge in [-0.2, -0.15) is 0 Å². The van der Waals surface area contributed by atoms with Gasteiger partial charge in [0.25, 0.3) is 0 Å². The van der Waals surface area contributed by atoms with E-state index in [4.69, 9.17) is 19.3 Å². The molecule has 244 valence electrons. The maximum Gasteiger partial charge on any atom is 0.341 e. The summed E-state index contributed by atoms with van der Waals surface area (Å²) in [6, 6.07) is 25.4. The number of aliphatic hydroxyl groups is 1. The van der Waals surface area contributed by atoms with Crippen molar-refractivity contribution in [2.75, 3.05) is 30.7 Å². The number of carboxylic acids is 1. The Bertz CT molecular complexity index is 1700. The lowest BCUT2D eigenvalue weighted by Crippen LogP contribution is -2.35. The summed E-state index contributed by atoms with van der Waals surface area (Å²) in [7, 11) is -3.59. The first-order valence-electron chi connectivity index (χ1n) is 14.8. The maximum absolute atomic E-state index is 12.0. The molecule has 4 aromatic carbocycles.